The highest BCUT2D eigenvalue weighted by atomic mass is 33.1. The number of rotatable bonds is 3. The van der Waals surface area contributed by atoms with Crippen molar-refractivity contribution in [2.45, 2.75) is 19.4 Å². The second-order valence-corrected chi connectivity index (χ2v) is 5.68. The molecule has 1 aliphatic rings. The van der Waals surface area contributed by atoms with E-state index in [1.165, 1.54) is 31.0 Å². The van der Waals surface area contributed by atoms with Gasteiger partial charge in [-0.1, -0.05) is 28.5 Å². The maximum atomic E-state index is 5.71. The predicted octanol–water partition coefficient (Wildman–Crippen LogP) is 1.42. The molecule has 1 rings (SSSR count). The Kier molecular flexibility index (Phi) is 5.47. The largest absolute Gasteiger partial charge is 0.329 e. The van der Waals surface area contributed by atoms with E-state index in [4.69, 9.17) is 5.73 Å². The molecule has 1 fully saturated rings. The minimum atomic E-state index is 0.615. The number of nitrogens with zero attached hydrogens (tertiary/aromatic N) is 1. The maximum absolute atomic E-state index is 5.71. The second kappa shape index (κ2) is 6.13. The van der Waals surface area contributed by atoms with Crippen LogP contribution in [0.1, 0.15) is 13.3 Å². The molecule has 12 heavy (non-hydrogen) atoms. The van der Waals surface area contributed by atoms with Crippen LogP contribution in [0.4, 0.5) is 0 Å². The van der Waals surface area contributed by atoms with Gasteiger partial charge in [0.25, 0.3) is 0 Å². The quantitative estimate of drug-likeness (QED) is 0.707. The summed E-state index contributed by atoms with van der Waals surface area (Å²) in [6.07, 6.45) is 1.19. The van der Waals surface area contributed by atoms with E-state index < -0.39 is 0 Å². The van der Waals surface area contributed by atoms with Crippen LogP contribution in [0, 0.1) is 0 Å². The van der Waals surface area contributed by atoms with Crippen molar-refractivity contribution < 1.29 is 0 Å². The summed E-state index contributed by atoms with van der Waals surface area (Å²) < 4.78 is 0. The number of nitrogens with two attached hydrogens (primary N) is 1. The van der Waals surface area contributed by atoms with E-state index in [1.54, 1.807) is 0 Å². The van der Waals surface area contributed by atoms with Gasteiger partial charge in [0, 0.05) is 37.2 Å². The summed E-state index contributed by atoms with van der Waals surface area (Å²) in [4.78, 5) is 2.53. The highest BCUT2D eigenvalue weighted by Crippen LogP contribution is 2.24. The Hall–Kier alpha value is 0.620. The van der Waals surface area contributed by atoms with E-state index in [9.17, 15) is 0 Å². The fourth-order valence-corrected chi connectivity index (χ4v) is 3.49. The molecule has 2 N–H and O–H groups in total. The molecule has 0 spiro atoms. The van der Waals surface area contributed by atoms with Gasteiger partial charge in [-0.2, -0.15) is 0 Å². The SMILES string of the molecule is CCC(CN)N1CCSSCC1. The van der Waals surface area contributed by atoms with E-state index >= 15 is 0 Å². The Morgan fingerprint density at radius 3 is 2.33 bits per heavy atom. The van der Waals surface area contributed by atoms with Crippen molar-refractivity contribution >= 4 is 21.6 Å². The predicted molar refractivity (Wildman–Crippen MR) is 59.6 cm³/mol. The van der Waals surface area contributed by atoms with Gasteiger partial charge in [-0.25, -0.2) is 0 Å². The molecule has 0 bridgehead atoms. The minimum absolute atomic E-state index is 0.615. The maximum Gasteiger partial charge on any atom is 0.0216 e. The average Bonchev–Trinajstić information content (AvgIpc) is 2.35. The van der Waals surface area contributed by atoms with Crippen molar-refractivity contribution in [2.75, 3.05) is 31.1 Å². The van der Waals surface area contributed by atoms with Crippen molar-refractivity contribution in [2.24, 2.45) is 5.73 Å². The third-order valence-corrected chi connectivity index (χ3v) is 4.63. The van der Waals surface area contributed by atoms with Gasteiger partial charge in [0.15, 0.2) is 0 Å². The summed E-state index contributed by atoms with van der Waals surface area (Å²) in [6, 6.07) is 0.615. The lowest BCUT2D eigenvalue weighted by Crippen LogP contribution is -2.42. The van der Waals surface area contributed by atoms with Crippen molar-refractivity contribution in [3.63, 3.8) is 0 Å². The van der Waals surface area contributed by atoms with Gasteiger partial charge in [0.1, 0.15) is 0 Å². The van der Waals surface area contributed by atoms with Gasteiger partial charge in [0.05, 0.1) is 0 Å². The third kappa shape index (κ3) is 3.17. The Morgan fingerprint density at radius 1 is 1.33 bits per heavy atom. The van der Waals surface area contributed by atoms with Crippen molar-refractivity contribution in [3.8, 4) is 0 Å². The van der Waals surface area contributed by atoms with E-state index in [0.29, 0.717) is 6.04 Å². The summed E-state index contributed by atoms with van der Waals surface area (Å²) in [6.45, 7) is 5.47. The Balaban J connectivity index is 2.35. The summed E-state index contributed by atoms with van der Waals surface area (Å²) in [5.41, 5.74) is 5.71. The Bertz CT molecular complexity index is 110. The van der Waals surface area contributed by atoms with Crippen LogP contribution in [0.5, 0.6) is 0 Å². The fraction of sp³-hybridized carbons (Fsp3) is 1.00. The van der Waals surface area contributed by atoms with Crippen molar-refractivity contribution in [1.29, 1.82) is 0 Å². The molecule has 0 saturated carbocycles. The zero-order valence-corrected chi connectivity index (χ0v) is 9.29. The molecule has 1 atom stereocenters. The van der Waals surface area contributed by atoms with E-state index in [1.807, 2.05) is 21.6 Å². The first-order valence-corrected chi connectivity index (χ1v) is 7.05. The van der Waals surface area contributed by atoms with E-state index in [0.717, 1.165) is 6.54 Å². The zero-order chi connectivity index (χ0) is 8.81. The van der Waals surface area contributed by atoms with Gasteiger partial charge in [0.2, 0.25) is 0 Å². The standard InChI is InChI=1S/C8H18N2S2/c1-2-8(7-9)10-3-5-11-12-6-4-10/h8H,2-7,9H2,1H3. The van der Waals surface area contributed by atoms with Gasteiger partial charge in [-0.3, -0.25) is 4.90 Å². The molecule has 1 saturated heterocycles. The van der Waals surface area contributed by atoms with Crippen LogP contribution in [0.2, 0.25) is 0 Å². The molecular weight excluding hydrogens is 188 g/mol. The fourth-order valence-electron chi connectivity index (χ4n) is 1.48. The molecular formula is C8H18N2S2. The summed E-state index contributed by atoms with van der Waals surface area (Å²) in [7, 11) is 3.98. The van der Waals surface area contributed by atoms with Gasteiger partial charge in [-0.15, -0.1) is 0 Å². The molecule has 1 aliphatic heterocycles. The molecule has 0 aromatic rings. The van der Waals surface area contributed by atoms with Crippen molar-refractivity contribution in [1.82, 2.24) is 4.90 Å². The highest BCUT2D eigenvalue weighted by molar-refractivity contribution is 8.76. The molecule has 0 aromatic carbocycles. The average molecular weight is 206 g/mol. The van der Waals surface area contributed by atoms with Crippen LogP contribution in [0.15, 0.2) is 0 Å². The first-order chi connectivity index (χ1) is 5.88. The minimum Gasteiger partial charge on any atom is -0.329 e. The van der Waals surface area contributed by atoms with E-state index in [-0.39, 0.29) is 0 Å². The van der Waals surface area contributed by atoms with Crippen LogP contribution >= 0.6 is 21.6 Å². The molecule has 0 aliphatic carbocycles. The lowest BCUT2D eigenvalue weighted by molar-refractivity contribution is 0.221. The van der Waals surface area contributed by atoms with Crippen LogP contribution in [-0.2, 0) is 0 Å². The van der Waals surface area contributed by atoms with Gasteiger partial charge in [-0.05, 0) is 6.42 Å². The van der Waals surface area contributed by atoms with Crippen molar-refractivity contribution in [3.05, 3.63) is 0 Å². The first-order valence-electron chi connectivity index (χ1n) is 4.57. The van der Waals surface area contributed by atoms with Crippen LogP contribution in [0.3, 0.4) is 0 Å². The molecule has 0 radical (unpaired) electrons. The molecule has 2 nitrogen and oxygen atoms in total. The monoisotopic (exact) mass is 206 g/mol. The zero-order valence-electron chi connectivity index (χ0n) is 7.66. The van der Waals surface area contributed by atoms with Crippen LogP contribution < -0.4 is 5.73 Å². The van der Waals surface area contributed by atoms with Crippen LogP contribution in [-0.4, -0.2) is 42.1 Å². The number of hydrogen-bond donors (Lipinski definition) is 1. The number of hydrogen-bond acceptors (Lipinski definition) is 4. The topological polar surface area (TPSA) is 29.3 Å². The molecule has 4 heteroatoms. The smallest absolute Gasteiger partial charge is 0.0216 e. The molecule has 0 amide bonds. The van der Waals surface area contributed by atoms with E-state index in [2.05, 4.69) is 11.8 Å². The Labute approximate surface area is 83.0 Å². The highest BCUT2D eigenvalue weighted by Gasteiger charge is 2.16. The molecule has 1 heterocycles. The third-order valence-electron chi connectivity index (χ3n) is 2.27. The molecule has 0 aromatic heterocycles. The Morgan fingerprint density at radius 2 is 1.92 bits per heavy atom. The summed E-state index contributed by atoms with van der Waals surface area (Å²) in [5, 5.41) is 0. The first kappa shape index (κ1) is 10.7. The van der Waals surface area contributed by atoms with Gasteiger partial charge < -0.3 is 5.73 Å². The lowest BCUT2D eigenvalue weighted by atomic mass is 10.2. The summed E-state index contributed by atoms with van der Waals surface area (Å²) >= 11 is 0. The lowest BCUT2D eigenvalue weighted by Gasteiger charge is -2.27. The van der Waals surface area contributed by atoms with Gasteiger partial charge >= 0.3 is 0 Å². The normalized spacial score (nSPS) is 23.5. The van der Waals surface area contributed by atoms with Crippen LogP contribution in [0.25, 0.3) is 0 Å². The molecule has 1 unspecified atom stereocenters. The summed E-state index contributed by atoms with van der Waals surface area (Å²) in [5.74, 6) is 2.50. The second-order valence-electron chi connectivity index (χ2n) is 2.98. The molecule has 72 valence electrons.